The van der Waals surface area contributed by atoms with Crippen LogP contribution < -0.4 is 0 Å². The van der Waals surface area contributed by atoms with Gasteiger partial charge in [0.25, 0.3) is 0 Å². The second-order valence-corrected chi connectivity index (χ2v) is 4.92. The van der Waals surface area contributed by atoms with Gasteiger partial charge >= 0.3 is 0 Å². The van der Waals surface area contributed by atoms with E-state index >= 15 is 0 Å². The van der Waals surface area contributed by atoms with E-state index < -0.39 is 0 Å². The Kier molecular flexibility index (Phi) is 4.32. The van der Waals surface area contributed by atoms with Gasteiger partial charge in [-0.1, -0.05) is 30.7 Å². The van der Waals surface area contributed by atoms with Gasteiger partial charge in [-0.25, -0.2) is 4.68 Å². The van der Waals surface area contributed by atoms with Crippen molar-refractivity contribution in [3.8, 4) is 11.3 Å². The molecule has 1 heterocycles. The molecular formula is C15H21N3O. The summed E-state index contributed by atoms with van der Waals surface area (Å²) in [4.78, 5) is 0. The summed E-state index contributed by atoms with van der Waals surface area (Å²) in [5, 5.41) is 17.7. The molecular weight excluding hydrogens is 238 g/mol. The topological polar surface area (TPSA) is 50.9 Å². The Bertz CT molecular complexity index is 561. The number of rotatable bonds is 5. The van der Waals surface area contributed by atoms with E-state index in [2.05, 4.69) is 49.3 Å². The molecule has 0 aliphatic carbocycles. The predicted molar refractivity (Wildman–Crippen MR) is 75.8 cm³/mol. The van der Waals surface area contributed by atoms with Crippen molar-refractivity contribution in [2.45, 2.75) is 46.8 Å². The van der Waals surface area contributed by atoms with E-state index in [-0.39, 0.29) is 6.61 Å². The third-order valence-electron chi connectivity index (χ3n) is 3.46. The fraction of sp³-hybridized carbons (Fsp3) is 0.467. The van der Waals surface area contributed by atoms with Crippen LogP contribution in [0.4, 0.5) is 0 Å². The summed E-state index contributed by atoms with van der Waals surface area (Å²) in [6.07, 6.45) is 2.17. The molecule has 0 fully saturated rings. The molecule has 19 heavy (non-hydrogen) atoms. The SMILES string of the molecule is CCCCn1nnc(CO)c1-c1ccc(C)c(C)c1. The van der Waals surface area contributed by atoms with Gasteiger partial charge in [0.2, 0.25) is 0 Å². The van der Waals surface area contributed by atoms with Gasteiger partial charge < -0.3 is 5.11 Å². The third kappa shape index (κ3) is 2.84. The normalized spacial score (nSPS) is 10.9. The Morgan fingerprint density at radius 1 is 1.21 bits per heavy atom. The fourth-order valence-electron chi connectivity index (χ4n) is 2.12. The van der Waals surface area contributed by atoms with Crippen molar-refractivity contribution >= 4 is 0 Å². The molecule has 4 nitrogen and oxygen atoms in total. The highest BCUT2D eigenvalue weighted by Crippen LogP contribution is 2.25. The van der Waals surface area contributed by atoms with Crippen molar-refractivity contribution in [3.63, 3.8) is 0 Å². The van der Waals surface area contributed by atoms with E-state index in [1.54, 1.807) is 0 Å². The molecule has 0 radical (unpaired) electrons. The summed E-state index contributed by atoms with van der Waals surface area (Å²) in [5.74, 6) is 0. The third-order valence-corrected chi connectivity index (χ3v) is 3.46. The standard InChI is InChI=1S/C15H21N3O/c1-4-5-8-18-15(14(10-19)16-17-18)13-7-6-11(2)12(3)9-13/h6-7,9,19H,4-5,8,10H2,1-3H3. The number of aliphatic hydroxyl groups excluding tert-OH is 1. The zero-order valence-electron chi connectivity index (χ0n) is 11.8. The first-order chi connectivity index (χ1) is 9.17. The van der Waals surface area contributed by atoms with Gasteiger partial charge in [0, 0.05) is 12.1 Å². The Morgan fingerprint density at radius 2 is 2.00 bits per heavy atom. The van der Waals surface area contributed by atoms with Crippen molar-refractivity contribution in [2.75, 3.05) is 0 Å². The van der Waals surface area contributed by atoms with E-state index in [4.69, 9.17) is 0 Å². The Balaban J connectivity index is 2.45. The highest BCUT2D eigenvalue weighted by atomic mass is 16.3. The summed E-state index contributed by atoms with van der Waals surface area (Å²) < 4.78 is 1.90. The van der Waals surface area contributed by atoms with Gasteiger partial charge in [0.05, 0.1) is 12.3 Å². The van der Waals surface area contributed by atoms with E-state index in [1.165, 1.54) is 11.1 Å². The van der Waals surface area contributed by atoms with Crippen LogP contribution in [0.25, 0.3) is 11.3 Å². The van der Waals surface area contributed by atoms with Crippen LogP contribution in [0, 0.1) is 13.8 Å². The largest absolute Gasteiger partial charge is 0.390 e. The molecule has 0 atom stereocenters. The minimum absolute atomic E-state index is 0.0750. The number of aliphatic hydroxyl groups is 1. The number of aryl methyl sites for hydroxylation is 3. The number of benzene rings is 1. The van der Waals surface area contributed by atoms with Crippen LogP contribution in [0.1, 0.15) is 36.6 Å². The summed E-state index contributed by atoms with van der Waals surface area (Å²) in [6.45, 7) is 7.11. The monoisotopic (exact) mass is 259 g/mol. The van der Waals surface area contributed by atoms with Gasteiger partial charge in [0.1, 0.15) is 5.69 Å². The van der Waals surface area contributed by atoms with Crippen LogP contribution in [-0.4, -0.2) is 20.1 Å². The molecule has 0 spiro atoms. The summed E-state index contributed by atoms with van der Waals surface area (Å²) in [7, 11) is 0. The van der Waals surface area contributed by atoms with Crippen molar-refractivity contribution in [2.24, 2.45) is 0 Å². The van der Waals surface area contributed by atoms with Crippen LogP contribution >= 0.6 is 0 Å². The maximum Gasteiger partial charge on any atom is 0.116 e. The van der Waals surface area contributed by atoms with Crippen molar-refractivity contribution in [1.29, 1.82) is 0 Å². The van der Waals surface area contributed by atoms with E-state index in [9.17, 15) is 5.11 Å². The number of hydrogen-bond donors (Lipinski definition) is 1. The second kappa shape index (κ2) is 5.97. The highest BCUT2D eigenvalue weighted by molar-refractivity contribution is 5.63. The van der Waals surface area contributed by atoms with Crippen LogP contribution in [0.2, 0.25) is 0 Å². The zero-order valence-corrected chi connectivity index (χ0v) is 11.8. The number of hydrogen-bond acceptors (Lipinski definition) is 3. The van der Waals surface area contributed by atoms with Gasteiger partial charge in [-0.15, -0.1) is 5.10 Å². The lowest BCUT2D eigenvalue weighted by Crippen LogP contribution is -2.03. The summed E-state index contributed by atoms with van der Waals surface area (Å²) in [5.41, 5.74) is 5.18. The molecule has 0 aliphatic rings. The lowest BCUT2D eigenvalue weighted by atomic mass is 10.0. The molecule has 4 heteroatoms. The molecule has 1 aromatic carbocycles. The van der Waals surface area contributed by atoms with Gasteiger partial charge in [-0.2, -0.15) is 0 Å². The van der Waals surface area contributed by atoms with Crippen LogP contribution in [-0.2, 0) is 13.2 Å². The smallest absolute Gasteiger partial charge is 0.116 e. The van der Waals surface area contributed by atoms with Crippen molar-refractivity contribution < 1.29 is 5.11 Å². The molecule has 0 saturated heterocycles. The average Bonchev–Trinajstić information content (AvgIpc) is 2.82. The maximum absolute atomic E-state index is 9.43. The predicted octanol–water partition coefficient (Wildman–Crippen LogP) is 2.85. The molecule has 0 amide bonds. The first kappa shape index (κ1) is 13.7. The maximum atomic E-state index is 9.43. The van der Waals surface area contributed by atoms with Crippen LogP contribution in [0.5, 0.6) is 0 Å². The van der Waals surface area contributed by atoms with E-state index in [0.717, 1.165) is 30.6 Å². The van der Waals surface area contributed by atoms with Crippen molar-refractivity contribution in [3.05, 3.63) is 35.0 Å². The number of unbranched alkanes of at least 4 members (excludes halogenated alkanes) is 1. The Labute approximate surface area is 114 Å². The molecule has 1 N–H and O–H groups in total. The molecule has 2 rings (SSSR count). The molecule has 1 aromatic heterocycles. The minimum atomic E-state index is -0.0750. The molecule has 102 valence electrons. The average molecular weight is 259 g/mol. The number of nitrogens with zero attached hydrogens (tertiary/aromatic N) is 3. The quantitative estimate of drug-likeness (QED) is 0.898. The second-order valence-electron chi connectivity index (χ2n) is 4.92. The Morgan fingerprint density at radius 3 is 2.63 bits per heavy atom. The lowest BCUT2D eigenvalue weighted by Gasteiger charge is -2.09. The first-order valence-electron chi connectivity index (χ1n) is 6.78. The molecule has 0 aliphatic heterocycles. The van der Waals surface area contributed by atoms with Gasteiger partial charge in [0.15, 0.2) is 0 Å². The molecule has 2 aromatic rings. The van der Waals surface area contributed by atoms with E-state index in [0.29, 0.717) is 5.69 Å². The minimum Gasteiger partial charge on any atom is -0.390 e. The number of aromatic nitrogens is 3. The van der Waals surface area contributed by atoms with Crippen LogP contribution in [0.3, 0.4) is 0 Å². The molecule has 0 unspecified atom stereocenters. The lowest BCUT2D eigenvalue weighted by molar-refractivity contribution is 0.277. The first-order valence-corrected chi connectivity index (χ1v) is 6.78. The fourth-order valence-corrected chi connectivity index (χ4v) is 2.12. The highest BCUT2D eigenvalue weighted by Gasteiger charge is 2.14. The van der Waals surface area contributed by atoms with Gasteiger partial charge in [-0.3, -0.25) is 0 Å². The van der Waals surface area contributed by atoms with Crippen molar-refractivity contribution in [1.82, 2.24) is 15.0 Å². The molecule has 0 saturated carbocycles. The van der Waals surface area contributed by atoms with Gasteiger partial charge in [-0.05, 0) is 37.5 Å². The van der Waals surface area contributed by atoms with Crippen LogP contribution in [0.15, 0.2) is 18.2 Å². The molecule has 0 bridgehead atoms. The summed E-state index contributed by atoms with van der Waals surface area (Å²) in [6, 6.07) is 6.31. The zero-order chi connectivity index (χ0) is 13.8. The van der Waals surface area contributed by atoms with E-state index in [1.807, 2.05) is 4.68 Å². The summed E-state index contributed by atoms with van der Waals surface area (Å²) >= 11 is 0. The Hall–Kier alpha value is -1.68.